The number of amides is 3. The van der Waals surface area contributed by atoms with Crippen LogP contribution < -0.4 is 20.7 Å². The van der Waals surface area contributed by atoms with Crippen molar-refractivity contribution in [2.24, 2.45) is 0 Å². The van der Waals surface area contributed by atoms with E-state index >= 15 is 0 Å². The monoisotopic (exact) mass is 457 g/mol. The summed E-state index contributed by atoms with van der Waals surface area (Å²) in [6, 6.07) is 21.7. The fourth-order valence-corrected chi connectivity index (χ4v) is 3.73. The van der Waals surface area contributed by atoms with Gasteiger partial charge in [-0.15, -0.1) is 0 Å². The number of ether oxygens (including phenoxy) is 1. The lowest BCUT2D eigenvalue weighted by atomic mass is 10.1. The van der Waals surface area contributed by atoms with Gasteiger partial charge in [-0.05, 0) is 53.9 Å². The van der Waals surface area contributed by atoms with Crippen LogP contribution in [0.1, 0.15) is 41.3 Å². The van der Waals surface area contributed by atoms with Gasteiger partial charge in [0, 0.05) is 36.3 Å². The van der Waals surface area contributed by atoms with Crippen LogP contribution in [0, 0.1) is 0 Å². The van der Waals surface area contributed by atoms with E-state index in [2.05, 4.69) is 16.0 Å². The van der Waals surface area contributed by atoms with E-state index in [1.54, 1.807) is 24.3 Å². The molecule has 3 amide bonds. The van der Waals surface area contributed by atoms with Gasteiger partial charge in [-0.2, -0.15) is 0 Å². The molecule has 0 spiro atoms. The van der Waals surface area contributed by atoms with Crippen molar-refractivity contribution >= 4 is 29.1 Å². The minimum Gasteiger partial charge on any atom is -0.480 e. The minimum atomic E-state index is -0.593. The molecule has 7 nitrogen and oxygen atoms in total. The Bertz CT molecular complexity index is 1170. The zero-order chi connectivity index (χ0) is 23.9. The van der Waals surface area contributed by atoms with Gasteiger partial charge in [-0.3, -0.25) is 14.4 Å². The van der Waals surface area contributed by atoms with Crippen LogP contribution in [0.4, 0.5) is 11.4 Å². The molecule has 7 heteroatoms. The van der Waals surface area contributed by atoms with Crippen LogP contribution in [-0.2, 0) is 22.6 Å². The van der Waals surface area contributed by atoms with Crippen molar-refractivity contribution in [3.8, 4) is 5.75 Å². The number of anilines is 2. The molecule has 3 aromatic rings. The van der Waals surface area contributed by atoms with Gasteiger partial charge in [0.1, 0.15) is 5.75 Å². The first-order valence-electron chi connectivity index (χ1n) is 11.3. The third-order valence-electron chi connectivity index (χ3n) is 5.50. The first-order valence-corrected chi connectivity index (χ1v) is 11.3. The summed E-state index contributed by atoms with van der Waals surface area (Å²) in [5, 5.41) is 8.56. The SMILES string of the molecule is CCCC(=O)Nc1ccc(CNC(=O)c2cccc(NC(=O)C3Cc4ccccc4O3)c2)cc1. The highest BCUT2D eigenvalue weighted by Gasteiger charge is 2.28. The van der Waals surface area contributed by atoms with Crippen molar-refractivity contribution in [1.82, 2.24) is 5.32 Å². The Morgan fingerprint density at radius 3 is 2.47 bits per heavy atom. The maximum atomic E-state index is 12.6. The van der Waals surface area contributed by atoms with E-state index in [0.717, 1.165) is 29.0 Å². The van der Waals surface area contributed by atoms with Gasteiger partial charge in [-0.1, -0.05) is 43.3 Å². The summed E-state index contributed by atoms with van der Waals surface area (Å²) < 4.78 is 5.73. The predicted molar refractivity (Wildman–Crippen MR) is 131 cm³/mol. The number of fused-ring (bicyclic) bond motifs is 1. The van der Waals surface area contributed by atoms with Gasteiger partial charge in [0.25, 0.3) is 11.8 Å². The van der Waals surface area contributed by atoms with E-state index in [1.165, 1.54) is 0 Å². The van der Waals surface area contributed by atoms with E-state index < -0.39 is 6.10 Å². The largest absolute Gasteiger partial charge is 0.480 e. The van der Waals surface area contributed by atoms with Crippen LogP contribution in [0.25, 0.3) is 0 Å². The van der Waals surface area contributed by atoms with Crippen molar-refractivity contribution in [2.75, 3.05) is 10.6 Å². The summed E-state index contributed by atoms with van der Waals surface area (Å²) >= 11 is 0. The first-order chi connectivity index (χ1) is 16.5. The van der Waals surface area contributed by atoms with E-state index in [9.17, 15) is 14.4 Å². The fourth-order valence-electron chi connectivity index (χ4n) is 3.73. The Labute approximate surface area is 198 Å². The van der Waals surface area contributed by atoms with Crippen LogP contribution in [0.3, 0.4) is 0 Å². The van der Waals surface area contributed by atoms with Crippen molar-refractivity contribution in [1.29, 1.82) is 0 Å². The molecule has 0 bridgehead atoms. The summed E-state index contributed by atoms with van der Waals surface area (Å²) in [7, 11) is 0. The van der Waals surface area contributed by atoms with Gasteiger partial charge < -0.3 is 20.7 Å². The van der Waals surface area contributed by atoms with E-state index in [4.69, 9.17) is 4.74 Å². The lowest BCUT2D eigenvalue weighted by Gasteiger charge is -2.12. The van der Waals surface area contributed by atoms with Gasteiger partial charge in [0.15, 0.2) is 6.10 Å². The van der Waals surface area contributed by atoms with Crippen LogP contribution in [0.15, 0.2) is 72.8 Å². The molecular formula is C27H27N3O4. The quantitative estimate of drug-likeness (QED) is 0.470. The van der Waals surface area contributed by atoms with Gasteiger partial charge in [0.2, 0.25) is 5.91 Å². The van der Waals surface area contributed by atoms with E-state index in [1.807, 2.05) is 55.5 Å². The Morgan fingerprint density at radius 1 is 0.912 bits per heavy atom. The molecular weight excluding hydrogens is 430 g/mol. The summed E-state index contributed by atoms with van der Waals surface area (Å²) in [5.41, 5.74) is 3.61. The molecule has 0 saturated heterocycles. The first kappa shape index (κ1) is 23.0. The van der Waals surface area contributed by atoms with Crippen LogP contribution in [0.5, 0.6) is 5.75 Å². The lowest BCUT2D eigenvalue weighted by molar-refractivity contribution is -0.122. The smallest absolute Gasteiger partial charge is 0.265 e. The second-order valence-corrected chi connectivity index (χ2v) is 8.17. The highest BCUT2D eigenvalue weighted by molar-refractivity contribution is 5.98. The molecule has 1 atom stereocenters. The Hall–Kier alpha value is -4.13. The molecule has 1 unspecified atom stereocenters. The summed E-state index contributed by atoms with van der Waals surface area (Å²) in [6.07, 6.45) is 1.20. The normalized spacial score (nSPS) is 14.0. The Morgan fingerprint density at radius 2 is 1.71 bits per heavy atom. The summed E-state index contributed by atoms with van der Waals surface area (Å²) in [6.45, 7) is 2.30. The van der Waals surface area contributed by atoms with E-state index in [-0.39, 0.29) is 17.7 Å². The molecule has 174 valence electrons. The van der Waals surface area contributed by atoms with Gasteiger partial charge >= 0.3 is 0 Å². The summed E-state index contributed by atoms with van der Waals surface area (Å²) in [5.74, 6) is 0.215. The van der Waals surface area contributed by atoms with Crippen LogP contribution in [-0.4, -0.2) is 23.8 Å². The number of para-hydroxylation sites is 1. The maximum absolute atomic E-state index is 12.6. The molecule has 1 heterocycles. The molecule has 3 aromatic carbocycles. The molecule has 0 aliphatic carbocycles. The highest BCUT2D eigenvalue weighted by Crippen LogP contribution is 2.28. The van der Waals surface area contributed by atoms with Crippen molar-refractivity contribution in [3.05, 3.63) is 89.5 Å². The average molecular weight is 458 g/mol. The molecule has 0 radical (unpaired) electrons. The zero-order valence-corrected chi connectivity index (χ0v) is 19.0. The number of nitrogens with one attached hydrogen (secondary N) is 3. The third kappa shape index (κ3) is 5.81. The lowest BCUT2D eigenvalue weighted by Crippen LogP contribution is -2.31. The van der Waals surface area contributed by atoms with Crippen LogP contribution in [0.2, 0.25) is 0 Å². The molecule has 1 aliphatic heterocycles. The van der Waals surface area contributed by atoms with Crippen molar-refractivity contribution in [3.63, 3.8) is 0 Å². The Kier molecular flexibility index (Phi) is 7.22. The number of hydrogen-bond donors (Lipinski definition) is 3. The second-order valence-electron chi connectivity index (χ2n) is 8.17. The topological polar surface area (TPSA) is 96.5 Å². The molecule has 3 N–H and O–H groups in total. The predicted octanol–water partition coefficient (Wildman–Crippen LogP) is 4.30. The Balaban J connectivity index is 1.30. The zero-order valence-electron chi connectivity index (χ0n) is 19.0. The average Bonchev–Trinajstić information content (AvgIpc) is 3.28. The van der Waals surface area contributed by atoms with Crippen molar-refractivity contribution in [2.45, 2.75) is 38.8 Å². The number of benzene rings is 3. The number of hydrogen-bond acceptors (Lipinski definition) is 4. The molecule has 0 fully saturated rings. The molecule has 34 heavy (non-hydrogen) atoms. The number of carbonyl (C=O) groups excluding carboxylic acids is 3. The van der Waals surface area contributed by atoms with Crippen molar-refractivity contribution < 1.29 is 19.1 Å². The molecule has 0 saturated carbocycles. The molecule has 0 aromatic heterocycles. The maximum Gasteiger partial charge on any atom is 0.265 e. The third-order valence-corrected chi connectivity index (χ3v) is 5.50. The molecule has 4 rings (SSSR count). The summed E-state index contributed by atoms with van der Waals surface area (Å²) in [4.78, 5) is 37.0. The fraction of sp³-hybridized carbons (Fsp3) is 0.222. The molecule has 1 aliphatic rings. The standard InChI is InChI=1S/C27H27N3O4/c1-2-6-25(31)29-21-13-11-18(12-14-21)17-28-26(32)20-8-5-9-22(15-20)30-27(33)24-16-19-7-3-4-10-23(19)34-24/h3-5,7-15,24H,2,6,16-17H2,1H3,(H,28,32)(H,29,31)(H,30,33). The minimum absolute atomic E-state index is 0.0143. The highest BCUT2D eigenvalue weighted by atomic mass is 16.5. The number of rotatable bonds is 8. The van der Waals surface area contributed by atoms with E-state index in [0.29, 0.717) is 30.6 Å². The van der Waals surface area contributed by atoms with Crippen LogP contribution >= 0.6 is 0 Å². The van der Waals surface area contributed by atoms with Gasteiger partial charge in [-0.25, -0.2) is 0 Å². The van der Waals surface area contributed by atoms with Gasteiger partial charge in [0.05, 0.1) is 0 Å². The number of carbonyl (C=O) groups is 3. The second kappa shape index (κ2) is 10.7.